The molecule has 1 fully saturated rings. The average Bonchev–Trinajstić information content (AvgIpc) is 3.07. The lowest BCUT2D eigenvalue weighted by molar-refractivity contribution is 0.0486. The number of benzene rings is 1. The van der Waals surface area contributed by atoms with Gasteiger partial charge < -0.3 is 14.6 Å². The summed E-state index contributed by atoms with van der Waals surface area (Å²) in [4.78, 5) is 43.6. The van der Waals surface area contributed by atoms with Gasteiger partial charge in [0, 0.05) is 22.9 Å². The molecule has 0 unspecified atom stereocenters. The molecule has 0 bridgehead atoms. The molecule has 0 aliphatic heterocycles. The number of nitrogens with zero attached hydrogens (tertiary/aromatic N) is 1. The molecule has 6 nitrogen and oxygen atoms in total. The van der Waals surface area contributed by atoms with Gasteiger partial charge >= 0.3 is 5.97 Å². The molecular weight excluding hydrogens is 399 g/mol. The Morgan fingerprint density at radius 1 is 1.16 bits per heavy atom. The summed E-state index contributed by atoms with van der Waals surface area (Å²) in [5, 5.41) is 0. The second kappa shape index (κ2) is 9.45. The number of hydrogen-bond acceptors (Lipinski definition) is 4. The van der Waals surface area contributed by atoms with Gasteiger partial charge in [-0.3, -0.25) is 9.59 Å². The van der Waals surface area contributed by atoms with Crippen LogP contribution < -0.4 is 0 Å². The molecule has 2 aromatic rings. The number of aryl methyl sites for hydroxylation is 1. The van der Waals surface area contributed by atoms with Crippen molar-refractivity contribution in [1.82, 2.24) is 9.88 Å². The summed E-state index contributed by atoms with van der Waals surface area (Å²) in [6, 6.07) is 4.70. The summed E-state index contributed by atoms with van der Waals surface area (Å²) in [7, 11) is 1.28. The number of esters is 1. The van der Waals surface area contributed by atoms with E-state index in [1.165, 1.54) is 25.3 Å². The standard InChI is InChI=1S/C24H29FN2O4/c1-14-20(15(2)26-21(14)24(30)31-4)22(28)16(3)27(19-11-6-5-7-12-19)23(29)17-9-8-10-18(25)13-17/h8-10,13,16,19,26H,5-7,11-12H2,1-4H3/t16-/m1/s1. The minimum Gasteiger partial charge on any atom is -0.464 e. The van der Waals surface area contributed by atoms with E-state index < -0.39 is 17.8 Å². The minimum absolute atomic E-state index is 0.0944. The molecule has 7 heteroatoms. The van der Waals surface area contributed by atoms with Gasteiger partial charge in [-0.2, -0.15) is 0 Å². The Bertz CT molecular complexity index is 991. The zero-order valence-electron chi connectivity index (χ0n) is 18.5. The van der Waals surface area contributed by atoms with Crippen LogP contribution in [0.3, 0.4) is 0 Å². The van der Waals surface area contributed by atoms with E-state index in [1.54, 1.807) is 31.7 Å². The number of ether oxygens (including phenoxy) is 1. The van der Waals surface area contributed by atoms with E-state index in [-0.39, 0.29) is 29.0 Å². The Labute approximate surface area is 181 Å². The predicted octanol–water partition coefficient (Wildman–Crippen LogP) is 4.60. The van der Waals surface area contributed by atoms with Crippen LogP contribution in [-0.2, 0) is 4.74 Å². The summed E-state index contributed by atoms with van der Waals surface area (Å²) < 4.78 is 18.6. The van der Waals surface area contributed by atoms with Gasteiger partial charge in [0.15, 0.2) is 5.78 Å². The lowest BCUT2D eigenvalue weighted by atomic mass is 9.90. The number of aromatic nitrogens is 1. The fourth-order valence-corrected chi connectivity index (χ4v) is 4.55. The Morgan fingerprint density at radius 3 is 2.45 bits per heavy atom. The van der Waals surface area contributed by atoms with E-state index in [9.17, 15) is 18.8 Å². The SMILES string of the molecule is COC(=O)c1[nH]c(C)c(C(=O)[C@@H](C)N(C(=O)c2cccc(F)c2)C2CCCCC2)c1C. The second-order valence-electron chi connectivity index (χ2n) is 8.17. The topological polar surface area (TPSA) is 79.5 Å². The Morgan fingerprint density at radius 2 is 1.84 bits per heavy atom. The first-order valence-corrected chi connectivity index (χ1v) is 10.7. The molecule has 0 spiro atoms. The zero-order chi connectivity index (χ0) is 22.7. The smallest absolute Gasteiger partial charge is 0.354 e. The number of methoxy groups -OCH3 is 1. The number of hydrogen-bond donors (Lipinski definition) is 1. The first-order valence-electron chi connectivity index (χ1n) is 10.7. The maximum Gasteiger partial charge on any atom is 0.354 e. The number of halogens is 1. The molecule has 3 rings (SSSR count). The minimum atomic E-state index is -0.766. The maximum atomic E-state index is 13.8. The number of aromatic amines is 1. The summed E-state index contributed by atoms with van der Waals surface area (Å²) in [5.74, 6) is -1.65. The molecule has 1 aliphatic rings. The number of nitrogens with one attached hydrogen (secondary N) is 1. The van der Waals surface area contributed by atoms with Crippen molar-refractivity contribution >= 4 is 17.7 Å². The highest BCUT2D eigenvalue weighted by Crippen LogP contribution is 2.29. The molecule has 1 aliphatic carbocycles. The highest BCUT2D eigenvalue weighted by atomic mass is 19.1. The van der Waals surface area contributed by atoms with Gasteiger partial charge in [-0.15, -0.1) is 0 Å². The molecule has 31 heavy (non-hydrogen) atoms. The third-order valence-corrected chi connectivity index (χ3v) is 6.14. The first kappa shape index (κ1) is 22.7. The van der Waals surface area contributed by atoms with Crippen molar-refractivity contribution in [2.24, 2.45) is 0 Å². The third kappa shape index (κ3) is 4.55. The van der Waals surface area contributed by atoms with Crippen LogP contribution in [0.4, 0.5) is 4.39 Å². The molecule has 1 aromatic heterocycles. The molecule has 1 saturated carbocycles. The quantitative estimate of drug-likeness (QED) is 0.539. The number of carbonyl (C=O) groups excluding carboxylic acids is 3. The van der Waals surface area contributed by atoms with Gasteiger partial charge in [0.25, 0.3) is 5.91 Å². The van der Waals surface area contributed by atoms with Crippen molar-refractivity contribution in [2.45, 2.75) is 65.0 Å². The highest BCUT2D eigenvalue weighted by molar-refractivity contribution is 6.07. The monoisotopic (exact) mass is 428 g/mol. The molecule has 1 aromatic carbocycles. The number of rotatable bonds is 6. The van der Waals surface area contributed by atoms with Crippen molar-refractivity contribution in [3.63, 3.8) is 0 Å². The predicted molar refractivity (Wildman–Crippen MR) is 115 cm³/mol. The first-order chi connectivity index (χ1) is 14.8. The van der Waals surface area contributed by atoms with Gasteiger partial charge in [-0.05, 0) is 57.4 Å². The van der Waals surface area contributed by atoms with Crippen molar-refractivity contribution in [1.29, 1.82) is 0 Å². The van der Waals surface area contributed by atoms with Gasteiger partial charge in [0.1, 0.15) is 11.5 Å². The van der Waals surface area contributed by atoms with Crippen molar-refractivity contribution < 1.29 is 23.5 Å². The van der Waals surface area contributed by atoms with E-state index in [4.69, 9.17) is 4.74 Å². The number of ketones is 1. The summed E-state index contributed by atoms with van der Waals surface area (Å²) in [6.07, 6.45) is 4.66. The Balaban J connectivity index is 1.99. The number of carbonyl (C=O) groups is 3. The van der Waals surface area contributed by atoms with E-state index in [0.717, 1.165) is 32.1 Å². The molecule has 1 N–H and O–H groups in total. The van der Waals surface area contributed by atoms with Crippen molar-refractivity contribution in [3.05, 3.63) is 58.2 Å². The van der Waals surface area contributed by atoms with Gasteiger partial charge in [-0.1, -0.05) is 25.3 Å². The van der Waals surface area contributed by atoms with Gasteiger partial charge in [0.05, 0.1) is 13.2 Å². The van der Waals surface area contributed by atoms with Crippen LogP contribution in [0.25, 0.3) is 0 Å². The molecule has 166 valence electrons. The van der Waals surface area contributed by atoms with Crippen molar-refractivity contribution in [3.8, 4) is 0 Å². The molecule has 0 radical (unpaired) electrons. The van der Waals surface area contributed by atoms with E-state index in [2.05, 4.69) is 4.98 Å². The Hall–Kier alpha value is -2.96. The number of H-pyrrole nitrogens is 1. The summed E-state index contributed by atoms with van der Waals surface area (Å²) in [5.41, 5.74) is 1.90. The van der Waals surface area contributed by atoms with Crippen LogP contribution in [0.1, 0.15) is 81.5 Å². The normalized spacial score (nSPS) is 15.4. The maximum absolute atomic E-state index is 13.8. The summed E-state index contributed by atoms with van der Waals surface area (Å²) in [6.45, 7) is 5.12. The zero-order valence-corrected chi connectivity index (χ0v) is 18.5. The van der Waals surface area contributed by atoms with E-state index >= 15 is 0 Å². The van der Waals surface area contributed by atoms with Crippen LogP contribution >= 0.6 is 0 Å². The molecule has 1 amide bonds. The molecule has 0 saturated heterocycles. The highest BCUT2D eigenvalue weighted by Gasteiger charge is 2.36. The van der Waals surface area contributed by atoms with Crippen LogP contribution in [-0.4, -0.2) is 46.7 Å². The van der Waals surface area contributed by atoms with Crippen LogP contribution in [0.5, 0.6) is 0 Å². The van der Waals surface area contributed by atoms with Crippen LogP contribution in [0.2, 0.25) is 0 Å². The third-order valence-electron chi connectivity index (χ3n) is 6.14. The van der Waals surface area contributed by atoms with Gasteiger partial charge in [-0.25, -0.2) is 9.18 Å². The molecule has 1 heterocycles. The largest absolute Gasteiger partial charge is 0.464 e. The fourth-order valence-electron chi connectivity index (χ4n) is 4.55. The fraction of sp³-hybridized carbons (Fsp3) is 0.458. The second-order valence-corrected chi connectivity index (χ2v) is 8.17. The average molecular weight is 429 g/mol. The molecule has 1 atom stereocenters. The van der Waals surface area contributed by atoms with E-state index in [1.807, 2.05) is 0 Å². The van der Waals surface area contributed by atoms with Crippen LogP contribution in [0, 0.1) is 19.7 Å². The number of Topliss-reactive ketones (excluding diaryl/α,β-unsaturated/α-hetero) is 1. The lowest BCUT2D eigenvalue weighted by Gasteiger charge is -2.38. The van der Waals surface area contributed by atoms with Crippen molar-refractivity contribution in [2.75, 3.05) is 7.11 Å². The molecular formula is C24H29FN2O4. The number of amides is 1. The Kier molecular flexibility index (Phi) is 6.93. The summed E-state index contributed by atoms with van der Waals surface area (Å²) >= 11 is 0. The van der Waals surface area contributed by atoms with Crippen LogP contribution in [0.15, 0.2) is 24.3 Å². The van der Waals surface area contributed by atoms with Gasteiger partial charge in [0.2, 0.25) is 0 Å². The van der Waals surface area contributed by atoms with E-state index in [0.29, 0.717) is 16.8 Å². The lowest BCUT2D eigenvalue weighted by Crippen LogP contribution is -2.50.